The predicted molar refractivity (Wildman–Crippen MR) is 69.8 cm³/mol. The molecule has 1 aromatic heterocycles. The fourth-order valence-electron chi connectivity index (χ4n) is 1.63. The van der Waals surface area contributed by atoms with Crippen molar-refractivity contribution in [1.82, 2.24) is 10.3 Å². The van der Waals surface area contributed by atoms with Crippen LogP contribution in [0.15, 0.2) is 5.38 Å². The fraction of sp³-hybridized carbons (Fsp3) is 0.750. The summed E-state index contributed by atoms with van der Waals surface area (Å²) in [5.41, 5.74) is 0.836. The van der Waals surface area contributed by atoms with Crippen molar-refractivity contribution in [2.24, 2.45) is 0 Å². The topological polar surface area (TPSA) is 34.1 Å². The molecule has 0 fully saturated rings. The van der Waals surface area contributed by atoms with E-state index >= 15 is 0 Å². The number of nitrogens with zero attached hydrogens (tertiary/aromatic N) is 1. The highest BCUT2D eigenvalue weighted by Gasteiger charge is 2.41. The average molecular weight is 314 g/mol. The number of alkyl halides is 4. The van der Waals surface area contributed by atoms with Gasteiger partial charge >= 0.3 is 12.3 Å². The first-order valence-corrected chi connectivity index (χ1v) is 7.11. The maximum Gasteiger partial charge on any atom is 0.330 e. The molecule has 0 bridgehead atoms. The Morgan fingerprint density at radius 1 is 1.45 bits per heavy atom. The van der Waals surface area contributed by atoms with E-state index in [1.54, 1.807) is 0 Å². The Labute approximate surface area is 119 Å². The molecule has 8 heteroatoms. The van der Waals surface area contributed by atoms with Crippen LogP contribution in [0.25, 0.3) is 0 Å². The van der Waals surface area contributed by atoms with E-state index in [4.69, 9.17) is 4.74 Å². The van der Waals surface area contributed by atoms with Gasteiger partial charge < -0.3 is 10.1 Å². The van der Waals surface area contributed by atoms with Crippen LogP contribution in [0.5, 0.6) is 0 Å². The van der Waals surface area contributed by atoms with Gasteiger partial charge in [0.15, 0.2) is 0 Å². The number of aryl methyl sites for hydroxylation is 1. The van der Waals surface area contributed by atoms with Gasteiger partial charge in [0.1, 0.15) is 6.61 Å². The lowest BCUT2D eigenvalue weighted by molar-refractivity contribution is -0.167. The first-order valence-electron chi connectivity index (χ1n) is 6.23. The third kappa shape index (κ3) is 5.72. The Morgan fingerprint density at radius 2 is 2.15 bits per heavy atom. The number of aromatic nitrogens is 1. The number of nitrogens with one attached hydrogen (secondary N) is 1. The van der Waals surface area contributed by atoms with Gasteiger partial charge in [-0.1, -0.05) is 6.92 Å². The van der Waals surface area contributed by atoms with Gasteiger partial charge in [0.25, 0.3) is 0 Å². The molecular formula is C12H18F4N2OS. The molecule has 1 N–H and O–H groups in total. The molecule has 1 heterocycles. The second-order valence-corrected chi connectivity index (χ2v) is 5.46. The van der Waals surface area contributed by atoms with Crippen molar-refractivity contribution in [2.45, 2.75) is 38.7 Å². The molecule has 0 aliphatic carbocycles. The number of rotatable bonds is 9. The van der Waals surface area contributed by atoms with E-state index in [1.807, 2.05) is 19.2 Å². The van der Waals surface area contributed by atoms with E-state index in [2.05, 4.69) is 10.3 Å². The molecule has 20 heavy (non-hydrogen) atoms. The van der Waals surface area contributed by atoms with E-state index < -0.39 is 19.0 Å². The first-order chi connectivity index (χ1) is 9.35. The molecular weight excluding hydrogens is 296 g/mol. The summed E-state index contributed by atoms with van der Waals surface area (Å²) in [5.74, 6) is -4.10. The van der Waals surface area contributed by atoms with Crippen LogP contribution in [0.2, 0.25) is 0 Å². The lowest BCUT2D eigenvalue weighted by Gasteiger charge is -2.20. The molecule has 0 spiro atoms. The summed E-state index contributed by atoms with van der Waals surface area (Å²) >= 11 is 1.50. The second kappa shape index (κ2) is 7.90. The zero-order valence-corrected chi connectivity index (χ0v) is 12.2. The minimum Gasteiger partial charge on any atom is -0.373 e. The van der Waals surface area contributed by atoms with Gasteiger partial charge in [-0.3, -0.25) is 0 Å². The molecule has 1 unspecified atom stereocenters. The molecule has 1 aromatic rings. The van der Waals surface area contributed by atoms with E-state index in [0.29, 0.717) is 13.0 Å². The van der Waals surface area contributed by atoms with Gasteiger partial charge in [-0.2, -0.15) is 8.78 Å². The number of halogens is 4. The van der Waals surface area contributed by atoms with Gasteiger partial charge in [0.2, 0.25) is 0 Å². The summed E-state index contributed by atoms with van der Waals surface area (Å²) in [6.45, 7) is 3.03. The van der Waals surface area contributed by atoms with Crippen LogP contribution in [0.4, 0.5) is 17.6 Å². The van der Waals surface area contributed by atoms with Gasteiger partial charge in [-0.15, -0.1) is 11.3 Å². The largest absolute Gasteiger partial charge is 0.373 e. The van der Waals surface area contributed by atoms with Crippen LogP contribution in [0.3, 0.4) is 0 Å². The van der Waals surface area contributed by atoms with Crippen LogP contribution in [0.1, 0.15) is 17.6 Å². The quantitative estimate of drug-likeness (QED) is 0.712. The van der Waals surface area contributed by atoms with Crippen LogP contribution in [-0.2, 0) is 11.2 Å². The van der Waals surface area contributed by atoms with Crippen LogP contribution < -0.4 is 5.32 Å². The Bertz CT molecular complexity index is 401. The van der Waals surface area contributed by atoms with E-state index in [-0.39, 0.29) is 12.6 Å². The lowest BCUT2D eigenvalue weighted by atomic mass is 10.2. The molecule has 0 aromatic carbocycles. The molecule has 1 atom stereocenters. The lowest BCUT2D eigenvalue weighted by Crippen LogP contribution is -2.39. The summed E-state index contributed by atoms with van der Waals surface area (Å²) in [5, 5.41) is 5.86. The summed E-state index contributed by atoms with van der Waals surface area (Å²) in [6, 6.07) is -0.227. The van der Waals surface area contributed by atoms with Gasteiger partial charge in [0, 0.05) is 17.8 Å². The first kappa shape index (κ1) is 17.3. The Hall–Kier alpha value is -0.730. The zero-order valence-electron chi connectivity index (χ0n) is 11.3. The van der Waals surface area contributed by atoms with E-state index in [9.17, 15) is 17.6 Å². The summed E-state index contributed by atoms with van der Waals surface area (Å²) in [7, 11) is 0. The van der Waals surface area contributed by atoms with Crippen molar-refractivity contribution in [3.63, 3.8) is 0 Å². The standard InChI is InChI=1S/C12H18F4N2OS/c1-3-17-9(4-10-6-20-8(2)18-10)5-19-7-12(15,16)11(13)14/h6,9,11,17H,3-5,7H2,1-2H3. The molecule has 0 saturated heterocycles. The minimum absolute atomic E-state index is 0.0628. The molecule has 0 radical (unpaired) electrons. The van der Waals surface area contributed by atoms with Crippen molar-refractivity contribution in [3.8, 4) is 0 Å². The van der Waals surface area contributed by atoms with Crippen LogP contribution in [-0.4, -0.2) is 43.1 Å². The van der Waals surface area contributed by atoms with Gasteiger partial charge in [-0.25, -0.2) is 13.8 Å². The minimum atomic E-state index is -4.10. The highest BCUT2D eigenvalue weighted by molar-refractivity contribution is 7.09. The molecule has 116 valence electrons. The highest BCUT2D eigenvalue weighted by Crippen LogP contribution is 2.23. The third-order valence-electron chi connectivity index (χ3n) is 2.55. The number of hydrogen-bond acceptors (Lipinski definition) is 4. The number of ether oxygens (including phenoxy) is 1. The maximum atomic E-state index is 12.7. The smallest absolute Gasteiger partial charge is 0.330 e. The van der Waals surface area contributed by atoms with E-state index in [0.717, 1.165) is 10.7 Å². The Kier molecular flexibility index (Phi) is 6.84. The van der Waals surface area contributed by atoms with Crippen molar-refractivity contribution in [2.75, 3.05) is 19.8 Å². The van der Waals surface area contributed by atoms with Crippen molar-refractivity contribution < 1.29 is 22.3 Å². The number of likely N-dealkylation sites (N-methyl/N-ethyl adjacent to an activating group) is 1. The molecule has 0 aliphatic heterocycles. The third-order valence-corrected chi connectivity index (χ3v) is 3.37. The highest BCUT2D eigenvalue weighted by atomic mass is 32.1. The molecule has 1 rings (SSSR count). The molecule has 0 amide bonds. The molecule has 0 saturated carbocycles. The normalized spacial score (nSPS) is 13.9. The van der Waals surface area contributed by atoms with Crippen LogP contribution >= 0.6 is 11.3 Å². The van der Waals surface area contributed by atoms with Crippen molar-refractivity contribution in [1.29, 1.82) is 0 Å². The summed E-state index contributed by atoms with van der Waals surface area (Å²) in [6.07, 6.45) is -3.19. The monoisotopic (exact) mass is 314 g/mol. The van der Waals surface area contributed by atoms with Crippen LogP contribution in [0, 0.1) is 6.92 Å². The number of thiazole rings is 1. The molecule has 0 aliphatic rings. The Morgan fingerprint density at radius 3 is 2.65 bits per heavy atom. The molecule has 3 nitrogen and oxygen atoms in total. The fourth-order valence-corrected chi connectivity index (χ4v) is 2.26. The van der Waals surface area contributed by atoms with Gasteiger partial charge in [0.05, 0.1) is 17.3 Å². The van der Waals surface area contributed by atoms with Crippen molar-refractivity contribution >= 4 is 11.3 Å². The predicted octanol–water partition coefficient (Wildman–Crippen LogP) is 2.89. The number of hydrogen-bond donors (Lipinski definition) is 1. The maximum absolute atomic E-state index is 12.7. The van der Waals surface area contributed by atoms with Crippen molar-refractivity contribution in [3.05, 3.63) is 16.1 Å². The Balaban J connectivity index is 2.43. The zero-order chi connectivity index (χ0) is 15.2. The van der Waals surface area contributed by atoms with E-state index in [1.165, 1.54) is 11.3 Å². The van der Waals surface area contributed by atoms with Gasteiger partial charge in [-0.05, 0) is 13.5 Å². The summed E-state index contributed by atoms with van der Waals surface area (Å²) < 4.78 is 54.1. The SMILES string of the molecule is CCNC(COCC(F)(F)C(F)F)Cc1csc(C)n1. The average Bonchev–Trinajstić information content (AvgIpc) is 2.74. The summed E-state index contributed by atoms with van der Waals surface area (Å²) in [4.78, 5) is 4.27. The second-order valence-electron chi connectivity index (χ2n) is 4.39.